The molecular formula is C83H142N12O12. The van der Waals surface area contributed by atoms with Gasteiger partial charge in [0.05, 0.1) is 0 Å². The molecule has 107 heavy (non-hydrogen) atoms. The summed E-state index contributed by atoms with van der Waals surface area (Å²) in [6.07, 6.45) is 17.3. The molecule has 6 aromatic heterocycles. The maximum Gasteiger partial charge on any atom is 0.273 e. The van der Waals surface area contributed by atoms with Gasteiger partial charge in [-0.15, -0.1) is 0 Å². The summed E-state index contributed by atoms with van der Waals surface area (Å²) < 4.78 is 30.5. The Kier molecular flexibility index (Phi) is 42.7. The van der Waals surface area contributed by atoms with E-state index >= 15 is 0 Å². The molecule has 6 heterocycles. The Balaban J connectivity index is 0.000000643. The van der Waals surface area contributed by atoms with Gasteiger partial charge in [-0.2, -0.15) is 0 Å². The lowest BCUT2D eigenvalue weighted by molar-refractivity contribution is 0.0869. The molecule has 606 valence electrons. The topological polar surface area (TPSA) is 331 Å². The van der Waals surface area contributed by atoms with Crippen molar-refractivity contribution >= 4 is 35.4 Å². The van der Waals surface area contributed by atoms with Crippen molar-refractivity contribution in [1.29, 1.82) is 0 Å². The largest absolute Gasteiger partial charge is 0.361 e. The normalized spacial score (nSPS) is 13.1. The van der Waals surface area contributed by atoms with Gasteiger partial charge in [0.15, 0.2) is 34.2 Å². The SMILES string of the molecule is CCCC(C)(CC)C(C)NC(=O)c1cc(CC)on1.CCCC(C)(CC)CNC(=O)c1noc(CC)c1C.CCc1cc(C(=O)NCC(C)(C)CC)no1.CCc1cc(C(=O)NCC(C)(CC)CC)no1.CCc1onc(C(=O)NC(C)C(C)(CC)CC)c1C.CCc1onc(C(=O)NCC(C)(C)CC)c1C. The van der Waals surface area contributed by atoms with E-state index in [1.807, 2.05) is 62.3 Å². The molecule has 0 fully saturated rings. The first-order valence-electron chi connectivity index (χ1n) is 39.7. The highest BCUT2D eigenvalue weighted by Gasteiger charge is 2.33. The quantitative estimate of drug-likeness (QED) is 0.0213. The van der Waals surface area contributed by atoms with Crippen molar-refractivity contribution in [3.05, 3.63) is 104 Å². The van der Waals surface area contributed by atoms with Crippen LogP contribution >= 0.6 is 0 Å². The molecule has 0 aliphatic heterocycles. The second-order valence-electron chi connectivity index (χ2n) is 31.1. The first-order valence-corrected chi connectivity index (χ1v) is 39.7. The first kappa shape index (κ1) is 97.1. The Morgan fingerprint density at radius 1 is 0.336 bits per heavy atom. The summed E-state index contributed by atoms with van der Waals surface area (Å²) >= 11 is 0. The molecule has 6 rings (SSSR count). The molecule has 6 N–H and O–H groups in total. The molecule has 4 unspecified atom stereocenters. The van der Waals surface area contributed by atoms with Crippen LogP contribution in [0, 0.1) is 53.3 Å². The van der Waals surface area contributed by atoms with Crippen LogP contribution in [0.4, 0.5) is 0 Å². The third-order valence-corrected chi connectivity index (χ3v) is 22.3. The number of hydrogen-bond donors (Lipinski definition) is 6. The van der Waals surface area contributed by atoms with Crippen molar-refractivity contribution < 1.29 is 55.9 Å². The average Bonchev–Trinajstić information content (AvgIpc) is 1.82. The van der Waals surface area contributed by atoms with Crippen LogP contribution in [0.3, 0.4) is 0 Å². The molecule has 4 atom stereocenters. The second-order valence-corrected chi connectivity index (χ2v) is 31.1. The summed E-state index contributed by atoms with van der Waals surface area (Å²) in [5, 5.41) is 40.7. The maximum atomic E-state index is 12.3. The van der Waals surface area contributed by atoms with Crippen LogP contribution in [-0.4, -0.2) is 105 Å². The van der Waals surface area contributed by atoms with E-state index in [1.54, 1.807) is 18.2 Å². The number of nitrogens with zero attached hydrogens (tertiary/aromatic N) is 6. The number of rotatable bonds is 36. The van der Waals surface area contributed by atoms with Gasteiger partial charge in [0.2, 0.25) is 0 Å². The lowest BCUT2D eigenvalue weighted by atomic mass is 9.77. The maximum absolute atomic E-state index is 12.3. The summed E-state index contributed by atoms with van der Waals surface area (Å²) in [5.41, 5.74) is 5.70. The zero-order chi connectivity index (χ0) is 81.7. The molecule has 6 aromatic rings. The zero-order valence-electron chi connectivity index (χ0n) is 71.5. The summed E-state index contributed by atoms with van der Waals surface area (Å²) in [6, 6.07) is 5.33. The molecule has 24 nitrogen and oxygen atoms in total. The lowest BCUT2D eigenvalue weighted by Gasteiger charge is -2.35. The fraction of sp³-hybridized carbons (Fsp3) is 0.711. The van der Waals surface area contributed by atoms with Crippen molar-refractivity contribution in [2.24, 2.45) is 32.5 Å². The third kappa shape index (κ3) is 31.3. The van der Waals surface area contributed by atoms with E-state index < -0.39 is 0 Å². The first-order chi connectivity index (χ1) is 50.3. The van der Waals surface area contributed by atoms with Gasteiger partial charge < -0.3 is 59.0 Å². The van der Waals surface area contributed by atoms with Crippen LogP contribution in [0.1, 0.15) is 371 Å². The smallest absolute Gasteiger partial charge is 0.273 e. The van der Waals surface area contributed by atoms with Gasteiger partial charge in [0, 0.05) is 112 Å². The van der Waals surface area contributed by atoms with Gasteiger partial charge in [-0.3, -0.25) is 28.8 Å². The molecule has 6 amide bonds. The minimum atomic E-state index is -0.162. The van der Waals surface area contributed by atoms with Gasteiger partial charge in [0.25, 0.3) is 35.4 Å². The predicted octanol–water partition coefficient (Wildman–Crippen LogP) is 18.5. The Hall–Kier alpha value is -7.92. The fourth-order valence-corrected chi connectivity index (χ4v) is 10.8. The van der Waals surface area contributed by atoms with Gasteiger partial charge in [0.1, 0.15) is 34.6 Å². The molecule has 0 aliphatic rings. The summed E-state index contributed by atoms with van der Waals surface area (Å²) in [6.45, 7) is 63.1. The number of hydrogen-bond acceptors (Lipinski definition) is 18. The van der Waals surface area contributed by atoms with Crippen molar-refractivity contribution in [2.45, 2.75) is 328 Å². The van der Waals surface area contributed by atoms with E-state index in [4.69, 9.17) is 27.1 Å². The molecule has 0 aromatic carbocycles. The number of aromatic nitrogens is 6. The minimum Gasteiger partial charge on any atom is -0.361 e. The van der Waals surface area contributed by atoms with Crippen molar-refractivity contribution in [3.8, 4) is 0 Å². The van der Waals surface area contributed by atoms with Crippen molar-refractivity contribution in [1.82, 2.24) is 62.8 Å². The fourth-order valence-electron chi connectivity index (χ4n) is 10.8. The van der Waals surface area contributed by atoms with E-state index in [9.17, 15) is 28.8 Å². The predicted molar refractivity (Wildman–Crippen MR) is 425 cm³/mol. The van der Waals surface area contributed by atoms with E-state index in [1.165, 1.54) is 0 Å². The van der Waals surface area contributed by atoms with Crippen molar-refractivity contribution in [3.63, 3.8) is 0 Å². The van der Waals surface area contributed by atoms with Gasteiger partial charge in [-0.25, -0.2) is 0 Å². The highest BCUT2D eigenvalue weighted by Crippen LogP contribution is 2.33. The van der Waals surface area contributed by atoms with Crippen LogP contribution in [0.25, 0.3) is 0 Å². The Morgan fingerprint density at radius 3 is 0.935 bits per heavy atom. The van der Waals surface area contributed by atoms with Crippen LogP contribution < -0.4 is 31.9 Å². The highest BCUT2D eigenvalue weighted by atomic mass is 16.5. The lowest BCUT2D eigenvalue weighted by Crippen LogP contribution is -2.44. The molecule has 0 spiro atoms. The van der Waals surface area contributed by atoms with Crippen LogP contribution in [0.15, 0.2) is 45.3 Å². The standard InChI is InChI=1S/3C15H26N2O2.2C13H22N2O2.C12H20N2O2/c1-7-12-10(4)13(17-19-12)14(18)16-11(5)15(6,8-2)9-3;1-6-9-15(5,8-3)10-16-14(18)13-11(4)12(7-2)19-17-13;1-6-9-15(5,8-3)11(4)16-14(18)13-10-12(7-2)19-17-13;1-6-10-9(3)11(15-17-10)12(16)14-8-13(4,5)7-2;1-5-10-8-11(15-17-10)12(16)14-9-13(4,6-2)7-3;1-5-9-7-10(14-16-9)11(15)13-8-12(3,4)6-2/h11H,7-9H2,1-6H3,(H,16,18);6-10H2,1-5H3,(H,16,18);10-11H,6-9H2,1-5H3,(H,16,18);6-8H2,1-5H3,(H,14,16);8H,5-7,9H2,1-4H3,(H,14,16);7H,5-6,8H2,1-4H3,(H,13,15). The molecule has 0 saturated carbocycles. The number of amides is 6. The summed E-state index contributed by atoms with van der Waals surface area (Å²) in [5.74, 6) is 3.70. The molecule has 24 heteroatoms. The third-order valence-electron chi connectivity index (χ3n) is 22.3. The molecule has 0 bridgehead atoms. The van der Waals surface area contributed by atoms with E-state index in [-0.39, 0.29) is 80.0 Å². The van der Waals surface area contributed by atoms with E-state index in [2.05, 4.69) is 201 Å². The van der Waals surface area contributed by atoms with Gasteiger partial charge >= 0.3 is 0 Å². The molecular weight excluding hydrogens is 1360 g/mol. The average molecular weight is 1500 g/mol. The van der Waals surface area contributed by atoms with Gasteiger partial charge in [-0.05, 0) is 131 Å². The Labute approximate surface area is 642 Å². The van der Waals surface area contributed by atoms with Crippen LogP contribution in [-0.2, 0) is 38.5 Å². The molecule has 0 saturated heterocycles. The number of carbonyl (C=O) groups is 6. The van der Waals surface area contributed by atoms with Crippen molar-refractivity contribution in [2.75, 3.05) is 26.2 Å². The monoisotopic (exact) mass is 1500 g/mol. The highest BCUT2D eigenvalue weighted by molar-refractivity contribution is 5.95. The van der Waals surface area contributed by atoms with E-state index in [0.717, 1.165) is 167 Å². The number of aryl methyl sites for hydroxylation is 6. The second kappa shape index (κ2) is 47.1. The number of carbonyl (C=O) groups excluding carboxylic acids is 6. The Morgan fingerprint density at radius 2 is 0.636 bits per heavy atom. The molecule has 0 aliphatic carbocycles. The van der Waals surface area contributed by atoms with Gasteiger partial charge in [-0.1, -0.05) is 210 Å². The summed E-state index contributed by atoms with van der Waals surface area (Å²) in [4.78, 5) is 71.9. The number of nitrogens with one attached hydrogen (secondary N) is 6. The van der Waals surface area contributed by atoms with Crippen LogP contribution in [0.2, 0.25) is 0 Å². The summed E-state index contributed by atoms with van der Waals surface area (Å²) in [7, 11) is 0. The van der Waals surface area contributed by atoms with E-state index in [0.29, 0.717) is 60.3 Å². The van der Waals surface area contributed by atoms with Crippen LogP contribution in [0.5, 0.6) is 0 Å². The molecule has 0 radical (unpaired) electrons. The zero-order valence-corrected chi connectivity index (χ0v) is 71.5. The minimum absolute atomic E-state index is 0.108. The Bertz CT molecular complexity index is 3580.